The van der Waals surface area contributed by atoms with Gasteiger partial charge in [0.1, 0.15) is 0 Å². The number of halogens is 1. The van der Waals surface area contributed by atoms with E-state index in [0.717, 1.165) is 50.5 Å². The van der Waals surface area contributed by atoms with Crippen LogP contribution in [0.2, 0.25) is 5.02 Å². The van der Waals surface area contributed by atoms with Crippen molar-refractivity contribution in [2.45, 2.75) is 25.8 Å². The van der Waals surface area contributed by atoms with Gasteiger partial charge in [-0.05, 0) is 54.7 Å². The fourth-order valence-corrected chi connectivity index (χ4v) is 3.68. The number of likely N-dealkylation sites (tertiary alicyclic amines) is 1. The van der Waals surface area contributed by atoms with Crippen molar-refractivity contribution in [3.8, 4) is 0 Å². The summed E-state index contributed by atoms with van der Waals surface area (Å²) in [5.74, 6) is 0.418. The molecule has 146 valence electrons. The molecule has 2 aromatic rings. The van der Waals surface area contributed by atoms with Crippen LogP contribution in [0, 0.1) is 5.92 Å². The molecule has 1 aliphatic heterocycles. The lowest BCUT2D eigenvalue weighted by molar-refractivity contribution is -0.751. The van der Waals surface area contributed by atoms with E-state index < -0.39 is 5.63 Å². The first-order valence-electron chi connectivity index (χ1n) is 9.28. The van der Waals surface area contributed by atoms with E-state index in [1.165, 1.54) is 16.4 Å². The van der Waals surface area contributed by atoms with E-state index in [2.05, 4.69) is 26.8 Å². The van der Waals surface area contributed by atoms with Crippen molar-refractivity contribution < 1.29 is 14.0 Å². The maximum absolute atomic E-state index is 12.3. The number of benzene rings is 1. The van der Waals surface area contributed by atoms with Crippen LogP contribution in [0.3, 0.4) is 0 Å². The Labute approximate surface area is 163 Å². The smallest absolute Gasteiger partial charge is 0.340 e. The standard InChI is InChI=1S/C19H25ClN4O3/c1-22(18(25)13-24-14-19(26)27-21-24)11-16-3-2-9-23(12-16)10-8-15-4-6-17(20)7-5-15/h4-7,14,16H,2-3,8-13H2,1H3/p+1/t16-/m0/s1. The lowest BCUT2D eigenvalue weighted by Crippen LogP contribution is -2.47. The van der Waals surface area contributed by atoms with Gasteiger partial charge in [0, 0.05) is 31.7 Å². The summed E-state index contributed by atoms with van der Waals surface area (Å²) in [6.07, 6.45) is 4.52. The van der Waals surface area contributed by atoms with E-state index in [9.17, 15) is 9.59 Å². The minimum atomic E-state index is -0.492. The van der Waals surface area contributed by atoms with E-state index in [4.69, 9.17) is 11.6 Å². The fraction of sp³-hybridized carbons (Fsp3) is 0.526. The summed E-state index contributed by atoms with van der Waals surface area (Å²) in [6.45, 7) is 3.92. The van der Waals surface area contributed by atoms with Crippen molar-refractivity contribution >= 4 is 17.5 Å². The third-order valence-corrected chi connectivity index (χ3v) is 5.27. The van der Waals surface area contributed by atoms with Gasteiger partial charge in [-0.1, -0.05) is 28.4 Å². The molecule has 27 heavy (non-hydrogen) atoms. The quantitative estimate of drug-likeness (QED) is 0.720. The van der Waals surface area contributed by atoms with Gasteiger partial charge < -0.3 is 9.80 Å². The Morgan fingerprint density at radius 2 is 2.19 bits per heavy atom. The van der Waals surface area contributed by atoms with Gasteiger partial charge in [-0.15, -0.1) is 0 Å². The van der Waals surface area contributed by atoms with Crippen molar-refractivity contribution in [2.24, 2.45) is 5.92 Å². The first-order valence-corrected chi connectivity index (χ1v) is 9.66. The molecule has 0 saturated carbocycles. The molecule has 1 N–H and O–H groups in total. The zero-order valence-corrected chi connectivity index (χ0v) is 16.3. The summed E-state index contributed by atoms with van der Waals surface area (Å²) in [6, 6.07) is 8.02. The molecule has 1 atom stereocenters. The number of hydrogen-bond acceptors (Lipinski definition) is 4. The normalized spacial score (nSPS) is 17.8. The first kappa shape index (κ1) is 19.6. The van der Waals surface area contributed by atoms with Crippen molar-refractivity contribution in [3.05, 3.63) is 51.5 Å². The number of piperidine rings is 1. The van der Waals surface area contributed by atoms with Gasteiger partial charge in [0.05, 0.1) is 0 Å². The van der Waals surface area contributed by atoms with E-state index in [1.54, 1.807) is 4.90 Å². The maximum atomic E-state index is 12.3. The van der Waals surface area contributed by atoms with Gasteiger partial charge in [0.2, 0.25) is 0 Å². The molecular formula is C19H26ClN4O3+. The summed E-state index contributed by atoms with van der Waals surface area (Å²) in [7, 11) is 1.81. The van der Waals surface area contributed by atoms with E-state index in [-0.39, 0.29) is 12.5 Å². The number of aromatic amines is 1. The largest absolute Gasteiger partial charge is 0.426 e. The monoisotopic (exact) mass is 393 g/mol. The Bertz CT molecular complexity index is 802. The summed E-state index contributed by atoms with van der Waals surface area (Å²) >= 11 is 5.94. The molecule has 1 aromatic heterocycles. The number of rotatable bonds is 7. The second-order valence-corrected chi connectivity index (χ2v) is 7.67. The van der Waals surface area contributed by atoms with Crippen molar-refractivity contribution in [2.75, 3.05) is 33.2 Å². The second-order valence-electron chi connectivity index (χ2n) is 7.23. The third-order valence-electron chi connectivity index (χ3n) is 5.02. The van der Waals surface area contributed by atoms with Crippen LogP contribution in [-0.4, -0.2) is 54.2 Å². The SMILES string of the molecule is CN(C[C@@H]1CCCN(CCc2ccc(Cl)cc2)C1)C(=O)C[n+]1cc(=O)o[nH]1. The minimum absolute atomic E-state index is 0.0460. The van der Waals surface area contributed by atoms with Gasteiger partial charge in [-0.2, -0.15) is 0 Å². The topological polar surface area (TPSA) is 73.4 Å². The average molecular weight is 394 g/mol. The molecule has 3 rings (SSSR count). The van der Waals surface area contributed by atoms with Crippen LogP contribution >= 0.6 is 11.6 Å². The van der Waals surface area contributed by atoms with Crippen molar-refractivity contribution in [1.29, 1.82) is 0 Å². The van der Waals surface area contributed by atoms with Gasteiger partial charge in [0.25, 0.3) is 18.6 Å². The number of carbonyl (C=O) groups excluding carboxylic acids is 1. The van der Waals surface area contributed by atoms with Crippen LogP contribution in [0.4, 0.5) is 0 Å². The molecule has 0 radical (unpaired) electrons. The van der Waals surface area contributed by atoms with Crippen LogP contribution in [0.5, 0.6) is 0 Å². The number of aromatic nitrogens is 2. The highest BCUT2D eigenvalue weighted by atomic mass is 35.5. The highest BCUT2D eigenvalue weighted by Gasteiger charge is 2.24. The van der Waals surface area contributed by atoms with Gasteiger partial charge in [0.15, 0.2) is 0 Å². The molecule has 1 saturated heterocycles. The lowest BCUT2D eigenvalue weighted by atomic mass is 9.97. The summed E-state index contributed by atoms with van der Waals surface area (Å²) < 4.78 is 5.94. The molecular weight excluding hydrogens is 368 g/mol. The Balaban J connectivity index is 1.45. The number of carbonyl (C=O) groups is 1. The molecule has 0 bridgehead atoms. The van der Waals surface area contributed by atoms with Gasteiger partial charge >= 0.3 is 5.63 Å². The van der Waals surface area contributed by atoms with Crippen LogP contribution in [0.1, 0.15) is 18.4 Å². The number of likely N-dealkylation sites (N-methyl/N-ethyl adjacent to an activating group) is 1. The van der Waals surface area contributed by atoms with Crippen LogP contribution in [0.15, 0.2) is 39.8 Å². The second kappa shape index (κ2) is 9.19. The molecule has 2 heterocycles. The Hall–Kier alpha value is -2.12. The summed E-state index contributed by atoms with van der Waals surface area (Å²) in [4.78, 5) is 27.6. The summed E-state index contributed by atoms with van der Waals surface area (Å²) in [5.41, 5.74) is 0.800. The number of H-pyrrole nitrogens is 1. The van der Waals surface area contributed by atoms with Crippen LogP contribution in [0.25, 0.3) is 0 Å². The predicted octanol–water partition coefficient (Wildman–Crippen LogP) is 1.32. The zero-order valence-electron chi connectivity index (χ0n) is 15.6. The van der Waals surface area contributed by atoms with E-state index in [1.807, 2.05) is 19.2 Å². The fourth-order valence-electron chi connectivity index (χ4n) is 3.56. The Kier molecular flexibility index (Phi) is 6.68. The molecule has 0 aliphatic carbocycles. The van der Waals surface area contributed by atoms with E-state index >= 15 is 0 Å². The summed E-state index contributed by atoms with van der Waals surface area (Å²) in [5, 5.41) is 3.17. The lowest BCUT2D eigenvalue weighted by Gasteiger charge is -2.34. The molecule has 1 aliphatic rings. The zero-order chi connectivity index (χ0) is 19.2. The highest BCUT2D eigenvalue weighted by molar-refractivity contribution is 6.30. The number of amides is 1. The molecule has 7 nitrogen and oxygen atoms in total. The predicted molar refractivity (Wildman–Crippen MR) is 101 cm³/mol. The van der Waals surface area contributed by atoms with Gasteiger partial charge in [-0.25, -0.2) is 4.79 Å². The number of hydrogen-bond donors (Lipinski definition) is 1. The average Bonchev–Trinajstić information content (AvgIpc) is 3.06. The Morgan fingerprint density at radius 1 is 1.41 bits per heavy atom. The molecule has 0 spiro atoms. The molecule has 0 unspecified atom stereocenters. The third kappa shape index (κ3) is 5.94. The van der Waals surface area contributed by atoms with Crippen molar-refractivity contribution in [3.63, 3.8) is 0 Å². The van der Waals surface area contributed by atoms with Crippen LogP contribution in [-0.2, 0) is 17.8 Å². The minimum Gasteiger partial charge on any atom is -0.340 e. The molecule has 1 fully saturated rings. The van der Waals surface area contributed by atoms with Crippen LogP contribution < -0.4 is 10.3 Å². The van der Waals surface area contributed by atoms with E-state index in [0.29, 0.717) is 5.92 Å². The molecule has 1 aromatic carbocycles. The van der Waals surface area contributed by atoms with Crippen molar-refractivity contribution in [1.82, 2.24) is 15.1 Å². The number of nitrogens with one attached hydrogen (secondary N) is 1. The maximum Gasteiger partial charge on any atom is 0.426 e. The highest BCUT2D eigenvalue weighted by Crippen LogP contribution is 2.18. The first-order chi connectivity index (χ1) is 13.0. The molecule has 1 amide bonds. The molecule has 8 heteroatoms. The van der Waals surface area contributed by atoms with Gasteiger partial charge in [-0.3, -0.25) is 9.32 Å². The Morgan fingerprint density at radius 3 is 2.89 bits per heavy atom. The number of nitrogens with zero attached hydrogens (tertiary/aromatic N) is 3.